The molecule has 2 aromatic heterocycles. The molecule has 5 amide bonds. The Hall–Kier alpha value is -5.35. The fraction of sp³-hybridized carbons (Fsp3) is 0.511. The van der Waals surface area contributed by atoms with Gasteiger partial charge in [-0.15, -0.1) is 11.3 Å². The van der Waals surface area contributed by atoms with Crippen LogP contribution in [0.15, 0.2) is 48.5 Å². The van der Waals surface area contributed by atoms with Crippen molar-refractivity contribution >= 4 is 62.5 Å². The molecule has 0 bridgehead atoms. The Morgan fingerprint density at radius 2 is 1.70 bits per heavy atom. The van der Waals surface area contributed by atoms with Crippen LogP contribution in [-0.2, 0) is 15.5 Å². The Balaban J connectivity index is 0.727. The van der Waals surface area contributed by atoms with Gasteiger partial charge in [-0.25, -0.2) is 9.97 Å². The summed E-state index contributed by atoms with van der Waals surface area (Å²) in [5.74, 6) is -3.83. The summed E-state index contributed by atoms with van der Waals surface area (Å²) in [5.41, 5.74) is 2.25. The third-order valence-corrected chi connectivity index (χ3v) is 15.5. The Bertz CT molecular complexity index is 2470. The van der Waals surface area contributed by atoms with E-state index in [1.54, 1.807) is 23.5 Å². The zero-order valence-corrected chi connectivity index (χ0v) is 36.6. The van der Waals surface area contributed by atoms with Crippen LogP contribution >= 0.6 is 11.3 Å². The molecule has 9 rings (SSSR count). The van der Waals surface area contributed by atoms with Gasteiger partial charge in [0.25, 0.3) is 23.6 Å². The van der Waals surface area contributed by atoms with Crippen LogP contribution in [0.25, 0.3) is 10.2 Å². The van der Waals surface area contributed by atoms with Crippen LogP contribution in [0.3, 0.4) is 0 Å². The molecule has 2 aromatic carbocycles. The summed E-state index contributed by atoms with van der Waals surface area (Å²) in [5, 5.41) is 9.61. The fourth-order valence-electron chi connectivity index (χ4n) is 10.8. The number of anilines is 2. The lowest BCUT2D eigenvalue weighted by Gasteiger charge is -2.53. The number of ether oxygens (including phenoxy) is 1. The van der Waals surface area contributed by atoms with Gasteiger partial charge in [-0.1, -0.05) is 12.1 Å². The number of nitrogens with zero attached hydrogens (tertiary/aromatic N) is 4. The lowest BCUT2D eigenvalue weighted by atomic mass is 9.55. The van der Waals surface area contributed by atoms with Gasteiger partial charge in [0.1, 0.15) is 23.2 Å². The Kier molecular flexibility index (Phi) is 11.6. The van der Waals surface area contributed by atoms with Gasteiger partial charge in [0.2, 0.25) is 11.8 Å². The van der Waals surface area contributed by atoms with Crippen molar-refractivity contribution in [3.63, 3.8) is 0 Å². The number of rotatable bonds is 12. The molecule has 13 nitrogen and oxygen atoms in total. The van der Waals surface area contributed by atoms with E-state index in [4.69, 9.17) is 9.72 Å². The Labute approximate surface area is 368 Å². The first kappa shape index (κ1) is 42.9. The van der Waals surface area contributed by atoms with Crippen LogP contribution in [0.5, 0.6) is 5.75 Å². The standard InChI is InChI=1S/C47H53F2N7O6S/c1-46(48,49)38-9-5-8-32(51-38)41(58)52-33-21-37-34(20-36(33)62-3)53-43(63-37)28-12-10-26(11-13-28)25-55(2)29-16-18-47(19-17-29)22-27(23-47)24-50-31-7-4-6-30-40(31)45(61)56(44(30)60)35-14-15-39(57)54-42(35)59/h4-9,20-21,26-29,35,50H,10-19,22-25H2,1-3H3,(H,52,58)(H,54,57,59)/t26-,27?,28-,29?,35?,47?. The van der Waals surface area contributed by atoms with E-state index in [-0.39, 0.29) is 18.5 Å². The molecule has 3 saturated carbocycles. The molecule has 0 radical (unpaired) electrons. The summed E-state index contributed by atoms with van der Waals surface area (Å²) in [4.78, 5) is 76.5. The van der Waals surface area contributed by atoms with Gasteiger partial charge in [0, 0.05) is 50.1 Å². The first-order valence-corrected chi connectivity index (χ1v) is 22.9. The molecule has 4 heterocycles. The van der Waals surface area contributed by atoms with Crippen molar-refractivity contribution in [2.24, 2.45) is 17.3 Å². The number of methoxy groups -OCH3 is 1. The second-order valence-corrected chi connectivity index (χ2v) is 19.6. The van der Waals surface area contributed by atoms with Gasteiger partial charge >= 0.3 is 0 Å². The molecule has 1 saturated heterocycles. The fourth-order valence-corrected chi connectivity index (χ4v) is 12.0. The van der Waals surface area contributed by atoms with Gasteiger partial charge in [-0.2, -0.15) is 8.78 Å². The van der Waals surface area contributed by atoms with Crippen molar-refractivity contribution in [2.75, 3.05) is 37.9 Å². The zero-order valence-electron chi connectivity index (χ0n) is 35.8. The number of nitrogens with one attached hydrogen (secondary N) is 3. The van der Waals surface area contributed by atoms with Crippen LogP contribution in [0.1, 0.15) is 132 Å². The van der Waals surface area contributed by atoms with Gasteiger partial charge in [-0.05, 0) is 125 Å². The number of pyridine rings is 1. The maximum absolute atomic E-state index is 13.9. The quantitative estimate of drug-likeness (QED) is 0.119. The largest absolute Gasteiger partial charge is 0.494 e. The molecule has 63 heavy (non-hydrogen) atoms. The summed E-state index contributed by atoms with van der Waals surface area (Å²) >= 11 is 1.63. The number of fused-ring (bicyclic) bond motifs is 2. The number of benzene rings is 2. The summed E-state index contributed by atoms with van der Waals surface area (Å²) in [6, 6.07) is 12.5. The lowest BCUT2D eigenvalue weighted by Crippen LogP contribution is -2.54. The molecule has 332 valence electrons. The number of halogens is 2. The number of thiazole rings is 1. The van der Waals surface area contributed by atoms with Crippen molar-refractivity contribution in [2.45, 2.75) is 108 Å². The predicted molar refractivity (Wildman–Crippen MR) is 234 cm³/mol. The molecule has 3 aliphatic carbocycles. The van der Waals surface area contributed by atoms with Crippen LogP contribution in [0, 0.1) is 17.3 Å². The van der Waals surface area contributed by atoms with E-state index < -0.39 is 47.2 Å². The molecule has 4 fully saturated rings. The number of aromatic nitrogens is 2. The van der Waals surface area contributed by atoms with Gasteiger partial charge in [-0.3, -0.25) is 34.2 Å². The maximum Gasteiger partial charge on any atom is 0.287 e. The molecule has 5 aliphatic rings. The average molecular weight is 882 g/mol. The first-order valence-electron chi connectivity index (χ1n) is 22.1. The van der Waals surface area contributed by atoms with Crippen molar-refractivity contribution < 1.29 is 37.5 Å². The van der Waals surface area contributed by atoms with E-state index in [9.17, 15) is 32.8 Å². The van der Waals surface area contributed by atoms with E-state index in [1.165, 1.54) is 51.0 Å². The minimum absolute atomic E-state index is 0.0876. The highest BCUT2D eigenvalue weighted by Gasteiger charge is 2.48. The van der Waals surface area contributed by atoms with Crippen LogP contribution in [0.2, 0.25) is 0 Å². The highest BCUT2D eigenvalue weighted by Crippen LogP contribution is 2.55. The molecular weight excluding hydrogens is 829 g/mol. The zero-order chi connectivity index (χ0) is 44.2. The summed E-state index contributed by atoms with van der Waals surface area (Å²) in [7, 11) is 3.81. The molecule has 3 N–H and O–H groups in total. The predicted octanol–water partition coefficient (Wildman–Crippen LogP) is 8.12. The normalized spacial score (nSPS) is 26.2. The minimum Gasteiger partial charge on any atom is -0.494 e. The van der Waals surface area contributed by atoms with E-state index in [1.807, 2.05) is 18.2 Å². The number of piperidine rings is 1. The number of carbonyl (C=O) groups excluding carboxylic acids is 5. The number of hydrogen-bond acceptors (Lipinski definition) is 11. The molecule has 2 aliphatic heterocycles. The van der Waals surface area contributed by atoms with Crippen LogP contribution in [-0.4, -0.2) is 88.6 Å². The summed E-state index contributed by atoms with van der Waals surface area (Å²) in [6.45, 7) is 2.56. The summed E-state index contributed by atoms with van der Waals surface area (Å²) in [6.07, 6.45) is 11.8. The number of imide groups is 2. The summed E-state index contributed by atoms with van der Waals surface area (Å²) < 4.78 is 34.2. The second kappa shape index (κ2) is 17.0. The molecule has 1 atom stereocenters. The van der Waals surface area contributed by atoms with E-state index in [2.05, 4.69) is 32.9 Å². The van der Waals surface area contributed by atoms with Gasteiger partial charge < -0.3 is 20.3 Å². The van der Waals surface area contributed by atoms with Crippen LogP contribution in [0.4, 0.5) is 20.2 Å². The molecule has 4 aromatic rings. The van der Waals surface area contributed by atoms with Crippen molar-refractivity contribution in [3.8, 4) is 5.75 Å². The van der Waals surface area contributed by atoms with E-state index in [0.29, 0.717) is 64.0 Å². The van der Waals surface area contributed by atoms with Gasteiger partial charge in [0.15, 0.2) is 0 Å². The Morgan fingerprint density at radius 1 is 0.952 bits per heavy atom. The van der Waals surface area contributed by atoms with Gasteiger partial charge in [0.05, 0.1) is 39.1 Å². The molecule has 1 spiro atoms. The van der Waals surface area contributed by atoms with Crippen molar-refractivity contribution in [3.05, 3.63) is 76.1 Å². The SMILES string of the molecule is COc1cc2nc([C@H]3CC[C@H](CN(C)C4CCC5(CC4)CC(CNc4cccc6c4C(=O)N(C4CCC(=O)NC4=O)C6=O)C5)CC3)sc2cc1NC(=O)c1cccc(C(C)(F)F)n1. The molecule has 1 unspecified atom stereocenters. The van der Waals surface area contributed by atoms with Crippen LogP contribution < -0.4 is 20.7 Å². The minimum atomic E-state index is -3.16. The lowest BCUT2D eigenvalue weighted by molar-refractivity contribution is -0.136. The highest BCUT2D eigenvalue weighted by atomic mass is 32.1. The Morgan fingerprint density at radius 3 is 2.41 bits per heavy atom. The van der Waals surface area contributed by atoms with E-state index >= 15 is 0 Å². The van der Waals surface area contributed by atoms with Crippen molar-refractivity contribution in [1.29, 1.82) is 0 Å². The second-order valence-electron chi connectivity index (χ2n) is 18.5. The number of alkyl halides is 2. The third kappa shape index (κ3) is 8.55. The molecule has 16 heteroatoms. The van der Waals surface area contributed by atoms with Crippen molar-refractivity contribution in [1.82, 2.24) is 25.1 Å². The monoisotopic (exact) mass is 881 g/mol. The number of carbonyl (C=O) groups is 5. The number of amides is 5. The maximum atomic E-state index is 13.9. The number of hydrogen-bond donors (Lipinski definition) is 3. The first-order chi connectivity index (χ1) is 30.2. The van der Waals surface area contributed by atoms with E-state index in [0.717, 1.165) is 72.1 Å². The topological polar surface area (TPSA) is 163 Å². The third-order valence-electron chi connectivity index (χ3n) is 14.3. The molecular formula is C47H53F2N7O6S. The average Bonchev–Trinajstić information content (AvgIpc) is 3.79. The smallest absolute Gasteiger partial charge is 0.287 e. The highest BCUT2D eigenvalue weighted by molar-refractivity contribution is 7.18.